The number of hydrogen-bond donors (Lipinski definition) is 1. The van der Waals surface area contributed by atoms with Crippen molar-refractivity contribution >= 4 is 0 Å². The minimum absolute atomic E-state index is 0.0292. The molecule has 0 radical (unpaired) electrons. The first-order valence-electron chi connectivity index (χ1n) is 4.12. The Morgan fingerprint density at radius 1 is 1.38 bits per heavy atom. The first-order valence-corrected chi connectivity index (χ1v) is 4.12. The third kappa shape index (κ3) is 1.43. The van der Waals surface area contributed by atoms with E-state index in [2.05, 4.69) is 10.2 Å². The summed E-state index contributed by atoms with van der Waals surface area (Å²) in [5.41, 5.74) is -0.241. The van der Waals surface area contributed by atoms with Crippen LogP contribution in [0.4, 0.5) is 13.2 Å². The third-order valence-corrected chi connectivity index (χ3v) is 2.22. The Hall–Kier alpha value is -1.00. The molecule has 0 aromatic carbocycles. The molecule has 0 atom stereocenters. The van der Waals surface area contributed by atoms with Gasteiger partial charge in [-0.05, 0) is 19.8 Å². The summed E-state index contributed by atoms with van der Waals surface area (Å²) < 4.78 is 37.4. The van der Waals surface area contributed by atoms with Crippen molar-refractivity contribution < 1.29 is 13.2 Å². The number of hydrogen-bond acceptors (Lipinski definition) is 1. The molecule has 1 saturated carbocycles. The van der Waals surface area contributed by atoms with Crippen LogP contribution in [0.1, 0.15) is 35.7 Å². The van der Waals surface area contributed by atoms with Crippen molar-refractivity contribution in [3.05, 3.63) is 17.0 Å². The molecule has 0 saturated heterocycles. The predicted molar refractivity (Wildman–Crippen MR) is 40.3 cm³/mol. The van der Waals surface area contributed by atoms with Gasteiger partial charge in [0.15, 0.2) is 0 Å². The highest BCUT2D eigenvalue weighted by Crippen LogP contribution is 2.45. The van der Waals surface area contributed by atoms with E-state index in [4.69, 9.17) is 0 Å². The highest BCUT2D eigenvalue weighted by Gasteiger charge is 2.41. The van der Waals surface area contributed by atoms with Crippen LogP contribution >= 0.6 is 0 Å². The number of alkyl halides is 3. The van der Waals surface area contributed by atoms with E-state index in [9.17, 15) is 13.2 Å². The second-order valence-corrected chi connectivity index (χ2v) is 3.38. The monoisotopic (exact) mass is 190 g/mol. The van der Waals surface area contributed by atoms with Crippen molar-refractivity contribution in [1.29, 1.82) is 0 Å². The van der Waals surface area contributed by atoms with Crippen LogP contribution in [0.25, 0.3) is 0 Å². The van der Waals surface area contributed by atoms with Gasteiger partial charge >= 0.3 is 6.18 Å². The molecule has 0 amide bonds. The Kier molecular flexibility index (Phi) is 1.65. The van der Waals surface area contributed by atoms with Crippen LogP contribution in [-0.2, 0) is 6.18 Å². The summed E-state index contributed by atoms with van der Waals surface area (Å²) in [6.07, 6.45) is -2.62. The van der Waals surface area contributed by atoms with Crippen LogP contribution in [0.3, 0.4) is 0 Å². The first kappa shape index (κ1) is 8.59. The topological polar surface area (TPSA) is 28.7 Å². The third-order valence-electron chi connectivity index (χ3n) is 2.22. The molecular weight excluding hydrogens is 181 g/mol. The SMILES string of the molecule is Cc1[nH]nc(C2CC2)c1C(F)(F)F. The molecule has 13 heavy (non-hydrogen) atoms. The summed E-state index contributed by atoms with van der Waals surface area (Å²) in [7, 11) is 0. The number of nitrogens with one attached hydrogen (secondary N) is 1. The summed E-state index contributed by atoms with van der Waals surface area (Å²) in [5, 5.41) is 6.09. The Labute approximate surface area is 73.1 Å². The van der Waals surface area contributed by atoms with E-state index in [1.165, 1.54) is 6.92 Å². The normalized spacial score (nSPS) is 17.8. The van der Waals surface area contributed by atoms with E-state index in [1.54, 1.807) is 0 Å². The number of aromatic amines is 1. The fraction of sp³-hybridized carbons (Fsp3) is 0.625. The van der Waals surface area contributed by atoms with Gasteiger partial charge in [0, 0.05) is 11.6 Å². The van der Waals surface area contributed by atoms with Gasteiger partial charge in [-0.3, -0.25) is 5.10 Å². The van der Waals surface area contributed by atoms with Gasteiger partial charge in [-0.1, -0.05) is 0 Å². The van der Waals surface area contributed by atoms with Crippen LogP contribution in [-0.4, -0.2) is 10.2 Å². The Morgan fingerprint density at radius 3 is 2.46 bits per heavy atom. The molecule has 2 rings (SSSR count). The Morgan fingerprint density at radius 2 is 2.00 bits per heavy atom. The van der Waals surface area contributed by atoms with E-state index >= 15 is 0 Å². The lowest BCUT2D eigenvalue weighted by molar-refractivity contribution is -0.138. The average Bonchev–Trinajstić information content (AvgIpc) is 2.73. The largest absolute Gasteiger partial charge is 0.419 e. The molecule has 1 aromatic rings. The van der Waals surface area contributed by atoms with Gasteiger partial charge in [-0.2, -0.15) is 18.3 Å². The maximum atomic E-state index is 12.5. The molecular formula is C8H9F3N2. The molecule has 0 aliphatic heterocycles. The number of nitrogens with zero attached hydrogens (tertiary/aromatic N) is 1. The van der Waals surface area contributed by atoms with Crippen LogP contribution in [0.2, 0.25) is 0 Å². The van der Waals surface area contributed by atoms with E-state index in [0.717, 1.165) is 12.8 Å². The smallest absolute Gasteiger partial charge is 0.282 e. The van der Waals surface area contributed by atoms with Crippen LogP contribution in [0.5, 0.6) is 0 Å². The average molecular weight is 190 g/mol. The summed E-state index contributed by atoms with van der Waals surface area (Å²) in [6, 6.07) is 0. The van der Waals surface area contributed by atoms with E-state index in [-0.39, 0.29) is 17.3 Å². The Bertz CT molecular complexity index is 323. The molecule has 0 spiro atoms. The van der Waals surface area contributed by atoms with Crippen molar-refractivity contribution in [3.8, 4) is 0 Å². The van der Waals surface area contributed by atoms with Gasteiger partial charge < -0.3 is 0 Å². The minimum Gasteiger partial charge on any atom is -0.282 e. The number of H-pyrrole nitrogens is 1. The molecule has 1 N–H and O–H groups in total. The number of rotatable bonds is 1. The van der Waals surface area contributed by atoms with Crippen LogP contribution in [0.15, 0.2) is 0 Å². The molecule has 72 valence electrons. The molecule has 1 heterocycles. The fourth-order valence-electron chi connectivity index (χ4n) is 1.46. The second-order valence-electron chi connectivity index (χ2n) is 3.38. The summed E-state index contributed by atoms with van der Waals surface area (Å²) in [5.74, 6) is 0.0292. The van der Waals surface area contributed by atoms with E-state index in [0.29, 0.717) is 0 Å². The van der Waals surface area contributed by atoms with Crippen LogP contribution in [0, 0.1) is 6.92 Å². The zero-order chi connectivity index (χ0) is 9.64. The Balaban J connectivity index is 2.46. The summed E-state index contributed by atoms with van der Waals surface area (Å²) in [4.78, 5) is 0. The number of aryl methyl sites for hydroxylation is 1. The second kappa shape index (κ2) is 2.49. The van der Waals surface area contributed by atoms with Crippen molar-refractivity contribution in [1.82, 2.24) is 10.2 Å². The molecule has 1 aliphatic rings. The van der Waals surface area contributed by atoms with Crippen molar-refractivity contribution in [3.63, 3.8) is 0 Å². The van der Waals surface area contributed by atoms with Crippen LogP contribution < -0.4 is 0 Å². The molecule has 1 aromatic heterocycles. The maximum absolute atomic E-state index is 12.5. The van der Waals surface area contributed by atoms with Crippen molar-refractivity contribution in [2.75, 3.05) is 0 Å². The number of halogens is 3. The lowest BCUT2D eigenvalue weighted by atomic mass is 10.1. The lowest BCUT2D eigenvalue weighted by Gasteiger charge is -2.06. The molecule has 0 bridgehead atoms. The van der Waals surface area contributed by atoms with Crippen molar-refractivity contribution in [2.45, 2.75) is 31.9 Å². The minimum atomic E-state index is -4.27. The van der Waals surface area contributed by atoms with E-state index in [1.807, 2.05) is 0 Å². The molecule has 5 heteroatoms. The first-order chi connectivity index (χ1) is 6.00. The van der Waals surface area contributed by atoms with Gasteiger partial charge in [-0.25, -0.2) is 0 Å². The zero-order valence-electron chi connectivity index (χ0n) is 7.07. The van der Waals surface area contributed by atoms with Gasteiger partial charge in [0.25, 0.3) is 0 Å². The molecule has 0 unspecified atom stereocenters. The summed E-state index contributed by atoms with van der Waals surface area (Å²) in [6.45, 7) is 1.40. The van der Waals surface area contributed by atoms with Gasteiger partial charge in [0.2, 0.25) is 0 Å². The number of aromatic nitrogens is 2. The van der Waals surface area contributed by atoms with Crippen molar-refractivity contribution in [2.24, 2.45) is 0 Å². The fourth-order valence-corrected chi connectivity index (χ4v) is 1.46. The van der Waals surface area contributed by atoms with Gasteiger partial charge in [0.05, 0.1) is 11.3 Å². The highest BCUT2D eigenvalue weighted by molar-refractivity contribution is 5.32. The van der Waals surface area contributed by atoms with E-state index < -0.39 is 11.7 Å². The standard InChI is InChI=1S/C8H9F3N2/c1-4-6(8(9,10)11)7(13-12-4)5-2-3-5/h5H,2-3H2,1H3,(H,12,13). The molecule has 2 nitrogen and oxygen atoms in total. The summed E-state index contributed by atoms with van der Waals surface area (Å²) >= 11 is 0. The quantitative estimate of drug-likeness (QED) is 0.724. The highest BCUT2D eigenvalue weighted by atomic mass is 19.4. The molecule has 1 fully saturated rings. The predicted octanol–water partition coefficient (Wildman–Crippen LogP) is 2.61. The van der Waals surface area contributed by atoms with Gasteiger partial charge in [-0.15, -0.1) is 0 Å². The maximum Gasteiger partial charge on any atom is 0.419 e. The zero-order valence-corrected chi connectivity index (χ0v) is 7.07. The van der Waals surface area contributed by atoms with Gasteiger partial charge in [0.1, 0.15) is 0 Å². The lowest BCUT2D eigenvalue weighted by Crippen LogP contribution is -2.08. The molecule has 1 aliphatic carbocycles.